The average Bonchev–Trinajstić information content (AvgIpc) is 2.20. The van der Waals surface area contributed by atoms with E-state index >= 15 is 0 Å². The Hall–Kier alpha value is -1.83. The Morgan fingerprint density at radius 1 is 1.25 bits per heavy atom. The van der Waals surface area contributed by atoms with Gasteiger partial charge < -0.3 is 31.3 Å². The molecule has 0 saturated heterocycles. The molecule has 0 aliphatic heterocycles. The summed E-state index contributed by atoms with van der Waals surface area (Å²) in [5, 5.41) is 45.7. The van der Waals surface area contributed by atoms with Gasteiger partial charge in [0.2, 0.25) is 5.79 Å². The lowest BCUT2D eigenvalue weighted by atomic mass is 9.98. The van der Waals surface area contributed by atoms with E-state index in [2.05, 4.69) is 0 Å². The number of phenols is 2. The molecule has 88 valence electrons. The molecule has 1 aromatic carbocycles. The van der Waals surface area contributed by atoms with Crippen LogP contribution < -0.4 is 5.73 Å². The van der Waals surface area contributed by atoms with Crippen LogP contribution in [0.1, 0.15) is 5.56 Å². The Morgan fingerprint density at radius 3 is 2.25 bits per heavy atom. The number of rotatable bonds is 3. The normalized spacial score (nSPS) is 13.4. The van der Waals surface area contributed by atoms with Crippen LogP contribution in [0.2, 0.25) is 0 Å². The number of aliphatic carboxylic acids is 1. The van der Waals surface area contributed by atoms with Gasteiger partial charge in [0.1, 0.15) is 0 Å². The maximum Gasteiger partial charge on any atom is 0.326 e. The SMILES string of the molecule is NC(C(=O)O)C(O)(O)c1ccc(O)c(O)c1. The fourth-order valence-corrected chi connectivity index (χ4v) is 1.10. The van der Waals surface area contributed by atoms with Crippen molar-refractivity contribution in [3.8, 4) is 11.5 Å². The van der Waals surface area contributed by atoms with Crippen LogP contribution in [0.4, 0.5) is 0 Å². The Bertz CT molecular complexity index is 416. The molecule has 0 spiro atoms. The first-order valence-corrected chi connectivity index (χ1v) is 4.22. The second-order valence-corrected chi connectivity index (χ2v) is 3.25. The minimum absolute atomic E-state index is 0.335. The van der Waals surface area contributed by atoms with E-state index in [1.54, 1.807) is 0 Å². The number of carboxylic acid groups (broad SMARTS) is 1. The largest absolute Gasteiger partial charge is 0.504 e. The number of aliphatic hydroxyl groups is 2. The van der Waals surface area contributed by atoms with Crippen LogP contribution >= 0.6 is 0 Å². The summed E-state index contributed by atoms with van der Waals surface area (Å²) >= 11 is 0. The van der Waals surface area contributed by atoms with Gasteiger partial charge in [-0.1, -0.05) is 0 Å². The number of nitrogens with two attached hydrogens (primary N) is 1. The summed E-state index contributed by atoms with van der Waals surface area (Å²) in [4.78, 5) is 10.5. The Labute approximate surface area is 90.0 Å². The number of carbonyl (C=O) groups is 1. The second kappa shape index (κ2) is 3.97. The third-order valence-electron chi connectivity index (χ3n) is 2.10. The molecule has 0 aliphatic carbocycles. The molecule has 1 aromatic rings. The molecule has 16 heavy (non-hydrogen) atoms. The zero-order valence-corrected chi connectivity index (χ0v) is 8.03. The van der Waals surface area contributed by atoms with E-state index in [0.717, 1.165) is 18.2 Å². The molecule has 0 aliphatic rings. The lowest BCUT2D eigenvalue weighted by Gasteiger charge is -2.25. The predicted molar refractivity (Wildman–Crippen MR) is 51.5 cm³/mol. The lowest BCUT2D eigenvalue weighted by Crippen LogP contribution is -2.50. The van der Waals surface area contributed by atoms with E-state index in [1.165, 1.54) is 0 Å². The number of benzene rings is 1. The summed E-state index contributed by atoms with van der Waals surface area (Å²) in [5.41, 5.74) is 4.74. The van der Waals surface area contributed by atoms with Gasteiger partial charge >= 0.3 is 5.97 Å². The quantitative estimate of drug-likeness (QED) is 0.277. The summed E-state index contributed by atoms with van der Waals surface area (Å²) in [5.74, 6) is -5.53. The van der Waals surface area contributed by atoms with Crippen molar-refractivity contribution in [1.29, 1.82) is 0 Å². The summed E-state index contributed by atoms with van der Waals surface area (Å²) in [7, 11) is 0. The van der Waals surface area contributed by atoms with E-state index in [4.69, 9.17) is 21.1 Å². The van der Waals surface area contributed by atoms with Gasteiger partial charge in [0, 0.05) is 5.56 Å². The molecule has 1 unspecified atom stereocenters. The topological polar surface area (TPSA) is 144 Å². The van der Waals surface area contributed by atoms with E-state index in [1.807, 2.05) is 0 Å². The fourth-order valence-electron chi connectivity index (χ4n) is 1.10. The van der Waals surface area contributed by atoms with Gasteiger partial charge in [-0.05, 0) is 18.2 Å². The van der Waals surface area contributed by atoms with Crippen molar-refractivity contribution in [3.05, 3.63) is 23.8 Å². The Morgan fingerprint density at radius 2 is 1.81 bits per heavy atom. The maximum atomic E-state index is 10.5. The molecule has 7 N–H and O–H groups in total. The van der Waals surface area contributed by atoms with Crippen molar-refractivity contribution in [3.63, 3.8) is 0 Å². The third kappa shape index (κ3) is 2.06. The van der Waals surface area contributed by atoms with E-state index in [0.29, 0.717) is 0 Å². The Balaban J connectivity index is 3.16. The highest BCUT2D eigenvalue weighted by atomic mass is 16.5. The van der Waals surface area contributed by atoms with Crippen LogP contribution in [0.25, 0.3) is 0 Å². The van der Waals surface area contributed by atoms with Gasteiger partial charge in [0.05, 0.1) is 0 Å². The minimum Gasteiger partial charge on any atom is -0.504 e. The number of phenolic OH excluding ortho intramolecular Hbond substituents is 2. The summed E-state index contributed by atoms with van der Waals surface area (Å²) in [6, 6.07) is 0.868. The molecule has 0 fully saturated rings. The molecule has 0 heterocycles. The number of aromatic hydroxyl groups is 2. The van der Waals surface area contributed by atoms with E-state index in [-0.39, 0.29) is 5.56 Å². The zero-order valence-electron chi connectivity index (χ0n) is 8.03. The Kier molecular flexibility index (Phi) is 3.04. The lowest BCUT2D eigenvalue weighted by molar-refractivity contribution is -0.197. The van der Waals surface area contributed by atoms with Gasteiger partial charge in [-0.15, -0.1) is 0 Å². The van der Waals surface area contributed by atoms with Gasteiger partial charge in [-0.3, -0.25) is 4.79 Å². The maximum absolute atomic E-state index is 10.5. The first kappa shape index (κ1) is 12.2. The molecule has 1 atom stereocenters. The van der Waals surface area contributed by atoms with E-state index < -0.39 is 29.3 Å². The third-order valence-corrected chi connectivity index (χ3v) is 2.10. The predicted octanol–water partition coefficient (Wildman–Crippen LogP) is -1.35. The second-order valence-electron chi connectivity index (χ2n) is 3.25. The van der Waals surface area contributed by atoms with Gasteiger partial charge in [0.25, 0.3) is 0 Å². The van der Waals surface area contributed by atoms with Crippen molar-refractivity contribution in [1.82, 2.24) is 0 Å². The molecular formula is C9H11NO6. The van der Waals surface area contributed by atoms with Crippen LogP contribution in [0.15, 0.2) is 18.2 Å². The van der Waals surface area contributed by atoms with Gasteiger partial charge in [-0.2, -0.15) is 0 Å². The summed E-state index contributed by atoms with van der Waals surface area (Å²) < 4.78 is 0. The zero-order chi connectivity index (χ0) is 12.5. The van der Waals surface area contributed by atoms with Crippen LogP contribution in [0.5, 0.6) is 11.5 Å². The molecule has 1 rings (SSSR count). The van der Waals surface area contributed by atoms with Crippen LogP contribution in [0.3, 0.4) is 0 Å². The molecule has 0 amide bonds. The number of hydrogen-bond donors (Lipinski definition) is 6. The van der Waals surface area contributed by atoms with Crippen molar-refractivity contribution >= 4 is 5.97 Å². The summed E-state index contributed by atoms with van der Waals surface area (Å²) in [6.07, 6.45) is 0. The number of carboxylic acids is 1. The number of hydrogen-bond acceptors (Lipinski definition) is 6. The monoisotopic (exact) mass is 229 g/mol. The minimum atomic E-state index is -2.84. The average molecular weight is 229 g/mol. The fraction of sp³-hybridized carbons (Fsp3) is 0.222. The standard InChI is InChI=1S/C9H11NO6/c10-7(8(13)14)9(15,16)4-1-2-5(11)6(12)3-4/h1-3,7,11-12,15-16H,10H2,(H,13,14). The van der Waals surface area contributed by atoms with Crippen molar-refractivity contribution < 1.29 is 30.3 Å². The summed E-state index contributed by atoms with van der Waals surface area (Å²) in [6.45, 7) is 0. The molecule has 0 aromatic heterocycles. The first-order chi connectivity index (χ1) is 7.26. The first-order valence-electron chi connectivity index (χ1n) is 4.22. The van der Waals surface area contributed by atoms with Crippen LogP contribution in [-0.4, -0.2) is 37.5 Å². The van der Waals surface area contributed by atoms with Crippen molar-refractivity contribution in [2.75, 3.05) is 0 Å². The van der Waals surface area contributed by atoms with E-state index in [9.17, 15) is 15.0 Å². The smallest absolute Gasteiger partial charge is 0.326 e. The highest BCUT2D eigenvalue weighted by molar-refractivity contribution is 5.75. The molecular weight excluding hydrogens is 218 g/mol. The van der Waals surface area contributed by atoms with Crippen molar-refractivity contribution in [2.45, 2.75) is 11.8 Å². The van der Waals surface area contributed by atoms with Crippen LogP contribution in [0, 0.1) is 0 Å². The van der Waals surface area contributed by atoms with Gasteiger partial charge in [-0.25, -0.2) is 0 Å². The molecule has 0 saturated carbocycles. The molecule has 0 radical (unpaired) electrons. The highest BCUT2D eigenvalue weighted by Crippen LogP contribution is 2.30. The molecule has 0 bridgehead atoms. The molecule has 7 heteroatoms. The van der Waals surface area contributed by atoms with Gasteiger partial charge in [0.15, 0.2) is 17.5 Å². The van der Waals surface area contributed by atoms with Crippen molar-refractivity contribution in [2.24, 2.45) is 5.73 Å². The molecule has 7 nitrogen and oxygen atoms in total. The highest BCUT2D eigenvalue weighted by Gasteiger charge is 2.39. The van der Waals surface area contributed by atoms with Crippen LogP contribution in [-0.2, 0) is 10.6 Å².